The number of aromatic carboxylic acids is 1. The Morgan fingerprint density at radius 1 is 1.25 bits per heavy atom. The highest BCUT2D eigenvalue weighted by Crippen LogP contribution is 2.19. The Morgan fingerprint density at radius 3 is 2.65 bits per heavy atom. The summed E-state index contributed by atoms with van der Waals surface area (Å²) in [5, 5.41) is 12.0. The normalized spacial score (nSPS) is 10.1. The molecule has 1 aromatic heterocycles. The molecule has 0 unspecified atom stereocenters. The maximum Gasteiger partial charge on any atom is 0.336 e. The van der Waals surface area contributed by atoms with Gasteiger partial charge in [-0.15, -0.1) is 0 Å². The summed E-state index contributed by atoms with van der Waals surface area (Å²) in [6.45, 7) is 1.72. The van der Waals surface area contributed by atoms with Crippen LogP contribution in [0.3, 0.4) is 0 Å². The molecular weight excluding hydrogens is 258 g/mol. The van der Waals surface area contributed by atoms with Crippen LogP contribution in [0.1, 0.15) is 26.3 Å². The van der Waals surface area contributed by atoms with Gasteiger partial charge in [-0.1, -0.05) is 6.07 Å². The molecule has 2 aromatic rings. The molecule has 0 fully saturated rings. The molecule has 20 heavy (non-hydrogen) atoms. The molecule has 102 valence electrons. The van der Waals surface area contributed by atoms with Gasteiger partial charge in [-0.2, -0.15) is 0 Å². The van der Waals surface area contributed by atoms with Crippen molar-refractivity contribution in [2.24, 2.45) is 5.73 Å². The highest BCUT2D eigenvalue weighted by molar-refractivity contribution is 5.93. The summed E-state index contributed by atoms with van der Waals surface area (Å²) in [7, 11) is 0. The van der Waals surface area contributed by atoms with Crippen molar-refractivity contribution in [2.45, 2.75) is 6.92 Å². The molecule has 1 aromatic carbocycles. The molecule has 0 aliphatic rings. The molecule has 0 atom stereocenters. The van der Waals surface area contributed by atoms with Crippen LogP contribution in [0.15, 0.2) is 36.5 Å². The number of primary amides is 1. The molecule has 6 nitrogen and oxygen atoms in total. The number of carboxylic acids is 1. The van der Waals surface area contributed by atoms with E-state index in [1.165, 1.54) is 24.4 Å². The number of carboxylic acid groups (broad SMARTS) is 1. The summed E-state index contributed by atoms with van der Waals surface area (Å²) in [6.07, 6.45) is 1.45. The molecule has 0 radical (unpaired) electrons. The molecule has 2 rings (SSSR count). The van der Waals surface area contributed by atoms with Crippen molar-refractivity contribution in [2.75, 3.05) is 5.32 Å². The summed E-state index contributed by atoms with van der Waals surface area (Å²) in [5.74, 6) is -1.13. The maximum absolute atomic E-state index is 11.1. The molecule has 1 heterocycles. The average Bonchev–Trinajstić information content (AvgIpc) is 2.41. The van der Waals surface area contributed by atoms with Gasteiger partial charge in [0.1, 0.15) is 5.82 Å². The number of aromatic nitrogens is 1. The van der Waals surface area contributed by atoms with E-state index in [2.05, 4.69) is 10.3 Å². The SMILES string of the molecule is Cc1ccc(Nc2cc(C(N)=O)ccn2)cc1C(=O)O. The fraction of sp³-hybridized carbons (Fsp3) is 0.0714. The molecule has 6 heteroatoms. The fourth-order valence-electron chi connectivity index (χ4n) is 1.73. The second-order valence-electron chi connectivity index (χ2n) is 4.25. The third-order valence-electron chi connectivity index (χ3n) is 2.78. The third-order valence-corrected chi connectivity index (χ3v) is 2.78. The quantitative estimate of drug-likeness (QED) is 0.788. The number of carbonyl (C=O) groups excluding carboxylic acids is 1. The van der Waals surface area contributed by atoms with Crippen molar-refractivity contribution >= 4 is 23.4 Å². The largest absolute Gasteiger partial charge is 0.478 e. The van der Waals surface area contributed by atoms with Gasteiger partial charge in [-0.3, -0.25) is 4.79 Å². The van der Waals surface area contributed by atoms with E-state index >= 15 is 0 Å². The summed E-state index contributed by atoms with van der Waals surface area (Å²) < 4.78 is 0. The number of amides is 1. The van der Waals surface area contributed by atoms with Crippen molar-refractivity contribution in [3.8, 4) is 0 Å². The van der Waals surface area contributed by atoms with Crippen LogP contribution in [0.5, 0.6) is 0 Å². The smallest absolute Gasteiger partial charge is 0.336 e. The first kappa shape index (κ1) is 13.5. The number of hydrogen-bond acceptors (Lipinski definition) is 4. The highest BCUT2D eigenvalue weighted by atomic mass is 16.4. The molecule has 0 saturated carbocycles. The first-order valence-corrected chi connectivity index (χ1v) is 5.84. The predicted molar refractivity (Wildman–Crippen MR) is 74.2 cm³/mol. The first-order chi connectivity index (χ1) is 9.47. The van der Waals surface area contributed by atoms with Gasteiger partial charge in [0.2, 0.25) is 5.91 Å². The van der Waals surface area contributed by atoms with Crippen LogP contribution in [0, 0.1) is 6.92 Å². The molecule has 4 N–H and O–H groups in total. The first-order valence-electron chi connectivity index (χ1n) is 5.84. The van der Waals surface area contributed by atoms with Crippen LogP contribution in [-0.4, -0.2) is 22.0 Å². The van der Waals surface area contributed by atoms with Gasteiger partial charge >= 0.3 is 5.97 Å². The number of nitrogens with zero attached hydrogens (tertiary/aromatic N) is 1. The van der Waals surface area contributed by atoms with Crippen LogP contribution in [0.4, 0.5) is 11.5 Å². The van der Waals surface area contributed by atoms with Crippen molar-refractivity contribution < 1.29 is 14.7 Å². The number of rotatable bonds is 4. The Bertz CT molecular complexity index is 683. The molecule has 0 bridgehead atoms. The van der Waals surface area contributed by atoms with Gasteiger partial charge in [-0.05, 0) is 36.8 Å². The van der Waals surface area contributed by atoms with Crippen LogP contribution in [-0.2, 0) is 0 Å². The average molecular weight is 271 g/mol. The number of pyridine rings is 1. The van der Waals surface area contributed by atoms with Crippen molar-refractivity contribution in [1.82, 2.24) is 4.98 Å². The number of hydrogen-bond donors (Lipinski definition) is 3. The summed E-state index contributed by atoms with van der Waals surface area (Å²) in [4.78, 5) is 26.2. The van der Waals surface area contributed by atoms with Crippen molar-refractivity contribution in [1.29, 1.82) is 0 Å². The standard InChI is InChI=1S/C14H13N3O3/c1-8-2-3-10(7-11(8)14(19)20)17-12-6-9(13(15)18)4-5-16-12/h2-7H,1H3,(H2,15,18)(H,16,17)(H,19,20). The minimum Gasteiger partial charge on any atom is -0.478 e. The minimum atomic E-state index is -0.995. The monoisotopic (exact) mass is 271 g/mol. The third kappa shape index (κ3) is 2.92. The lowest BCUT2D eigenvalue weighted by atomic mass is 10.1. The Kier molecular flexibility index (Phi) is 3.65. The zero-order valence-electron chi connectivity index (χ0n) is 10.8. The van der Waals surface area contributed by atoms with E-state index in [0.717, 1.165) is 0 Å². The second-order valence-corrected chi connectivity index (χ2v) is 4.25. The Balaban J connectivity index is 2.30. The zero-order valence-corrected chi connectivity index (χ0v) is 10.8. The van der Waals surface area contributed by atoms with Crippen LogP contribution in [0.2, 0.25) is 0 Å². The summed E-state index contributed by atoms with van der Waals surface area (Å²) >= 11 is 0. The van der Waals surface area contributed by atoms with Crippen molar-refractivity contribution in [3.05, 3.63) is 53.2 Å². The van der Waals surface area contributed by atoms with Gasteiger partial charge in [0, 0.05) is 17.4 Å². The lowest BCUT2D eigenvalue weighted by molar-refractivity contribution is 0.0696. The summed E-state index contributed by atoms with van der Waals surface area (Å²) in [5.41, 5.74) is 6.96. The lowest BCUT2D eigenvalue weighted by Gasteiger charge is -2.08. The fourth-order valence-corrected chi connectivity index (χ4v) is 1.73. The molecule has 0 aliphatic carbocycles. The van der Waals surface area contributed by atoms with Gasteiger partial charge in [0.15, 0.2) is 0 Å². The number of aryl methyl sites for hydroxylation is 1. The van der Waals surface area contributed by atoms with Gasteiger partial charge in [0.05, 0.1) is 5.56 Å². The molecular formula is C14H13N3O3. The number of benzene rings is 1. The van der Waals surface area contributed by atoms with E-state index in [1.807, 2.05) is 0 Å². The molecule has 0 spiro atoms. The van der Waals surface area contributed by atoms with E-state index in [-0.39, 0.29) is 5.56 Å². The van der Waals surface area contributed by atoms with E-state index < -0.39 is 11.9 Å². The number of anilines is 2. The number of carbonyl (C=O) groups is 2. The second kappa shape index (κ2) is 5.40. The zero-order chi connectivity index (χ0) is 14.7. The number of nitrogens with one attached hydrogen (secondary N) is 1. The molecule has 0 aliphatic heterocycles. The van der Waals surface area contributed by atoms with Crippen LogP contribution in [0.25, 0.3) is 0 Å². The summed E-state index contributed by atoms with van der Waals surface area (Å²) in [6, 6.07) is 7.95. The Labute approximate surface area is 115 Å². The van der Waals surface area contributed by atoms with E-state index in [9.17, 15) is 9.59 Å². The van der Waals surface area contributed by atoms with E-state index in [4.69, 9.17) is 10.8 Å². The van der Waals surface area contributed by atoms with Gasteiger partial charge in [-0.25, -0.2) is 9.78 Å². The maximum atomic E-state index is 11.1. The molecule has 1 amide bonds. The van der Waals surface area contributed by atoms with Crippen LogP contribution < -0.4 is 11.1 Å². The Hall–Kier alpha value is -2.89. The van der Waals surface area contributed by atoms with E-state index in [1.54, 1.807) is 19.1 Å². The van der Waals surface area contributed by atoms with Crippen LogP contribution >= 0.6 is 0 Å². The topological polar surface area (TPSA) is 105 Å². The molecule has 0 saturated heterocycles. The van der Waals surface area contributed by atoms with Gasteiger partial charge in [0.25, 0.3) is 0 Å². The predicted octanol–water partition coefficient (Wildman–Crippen LogP) is 1.93. The highest BCUT2D eigenvalue weighted by Gasteiger charge is 2.08. The minimum absolute atomic E-state index is 0.209. The lowest BCUT2D eigenvalue weighted by Crippen LogP contribution is -2.11. The van der Waals surface area contributed by atoms with E-state index in [0.29, 0.717) is 22.6 Å². The van der Waals surface area contributed by atoms with Crippen molar-refractivity contribution in [3.63, 3.8) is 0 Å². The van der Waals surface area contributed by atoms with Gasteiger partial charge < -0.3 is 16.2 Å². The number of nitrogens with two attached hydrogens (primary N) is 1. The Morgan fingerprint density at radius 2 is 2.00 bits per heavy atom.